The lowest BCUT2D eigenvalue weighted by Crippen LogP contribution is -2.05. The molecular weight excluding hydrogens is 331 g/mol. The van der Waals surface area contributed by atoms with Crippen LogP contribution in [0, 0.1) is 17.1 Å². The van der Waals surface area contributed by atoms with Crippen LogP contribution in [0.3, 0.4) is 0 Å². The maximum absolute atomic E-state index is 13.9. The molecule has 0 amide bonds. The van der Waals surface area contributed by atoms with E-state index in [1.807, 2.05) is 19.9 Å². The zero-order chi connectivity index (χ0) is 19.3. The van der Waals surface area contributed by atoms with Crippen molar-refractivity contribution in [2.75, 3.05) is 0 Å². The monoisotopic (exact) mass is 350 g/mol. The molecule has 0 saturated heterocycles. The molecule has 1 N–H and O–H groups in total. The third kappa shape index (κ3) is 3.50. The Bertz CT molecular complexity index is 967. The Labute approximate surface area is 151 Å². The number of hydrogen-bond donors (Lipinski definition) is 1. The molecule has 3 aromatic rings. The van der Waals surface area contributed by atoms with Crippen molar-refractivity contribution in [1.29, 1.82) is 5.26 Å². The van der Waals surface area contributed by atoms with Crippen LogP contribution in [0.15, 0.2) is 54.7 Å². The van der Waals surface area contributed by atoms with E-state index < -0.39 is 5.97 Å². The molecule has 1 aromatic heterocycles. The number of nitrogens with zero attached hydrogens (tertiary/aromatic N) is 2. The van der Waals surface area contributed by atoms with E-state index >= 15 is 0 Å². The lowest BCUT2D eigenvalue weighted by atomic mass is 9.98. The van der Waals surface area contributed by atoms with Crippen molar-refractivity contribution in [3.8, 4) is 28.3 Å². The second kappa shape index (κ2) is 8.13. The van der Waals surface area contributed by atoms with Crippen LogP contribution < -0.4 is 0 Å². The number of aromatic carboxylic acids is 1. The molecular formula is C21H19FN2O2. The second-order valence-electron chi connectivity index (χ2n) is 5.35. The SMILES string of the molecule is CC.Cn1cc(C#N)c(-c2ccc(-c3ccccc3F)cc2)c1C(=O)O. The average molecular weight is 350 g/mol. The Kier molecular flexibility index (Phi) is 5.92. The van der Waals surface area contributed by atoms with Gasteiger partial charge in [0.25, 0.3) is 0 Å². The van der Waals surface area contributed by atoms with E-state index in [2.05, 4.69) is 0 Å². The summed E-state index contributed by atoms with van der Waals surface area (Å²) >= 11 is 0. The summed E-state index contributed by atoms with van der Waals surface area (Å²) in [5.74, 6) is -1.43. The van der Waals surface area contributed by atoms with E-state index in [1.165, 1.54) is 16.8 Å². The molecule has 0 aliphatic carbocycles. The number of aryl methyl sites for hydroxylation is 1. The molecule has 132 valence electrons. The fraction of sp³-hybridized carbons (Fsp3) is 0.143. The summed E-state index contributed by atoms with van der Waals surface area (Å²) in [5, 5.41) is 18.7. The van der Waals surface area contributed by atoms with Gasteiger partial charge in [-0.3, -0.25) is 0 Å². The van der Waals surface area contributed by atoms with Gasteiger partial charge in [0.05, 0.1) is 5.56 Å². The van der Waals surface area contributed by atoms with E-state index in [1.54, 1.807) is 49.5 Å². The van der Waals surface area contributed by atoms with Crippen LogP contribution in [0.2, 0.25) is 0 Å². The maximum atomic E-state index is 13.9. The summed E-state index contributed by atoms with van der Waals surface area (Å²) < 4.78 is 15.3. The largest absolute Gasteiger partial charge is 0.477 e. The number of aromatic nitrogens is 1. The fourth-order valence-electron chi connectivity index (χ4n) is 2.77. The highest BCUT2D eigenvalue weighted by atomic mass is 19.1. The number of benzene rings is 2. The fourth-order valence-corrected chi connectivity index (χ4v) is 2.77. The van der Waals surface area contributed by atoms with Gasteiger partial charge in [0.2, 0.25) is 0 Å². The predicted molar refractivity (Wildman–Crippen MR) is 99.3 cm³/mol. The minimum absolute atomic E-state index is 0.0465. The molecule has 4 nitrogen and oxygen atoms in total. The molecule has 0 bridgehead atoms. The molecule has 0 spiro atoms. The first-order valence-corrected chi connectivity index (χ1v) is 8.21. The van der Waals surface area contributed by atoms with Crippen molar-refractivity contribution < 1.29 is 14.3 Å². The summed E-state index contributed by atoms with van der Waals surface area (Å²) in [6.45, 7) is 4.00. The van der Waals surface area contributed by atoms with Crippen LogP contribution in [-0.4, -0.2) is 15.6 Å². The summed E-state index contributed by atoms with van der Waals surface area (Å²) in [7, 11) is 1.58. The third-order valence-electron chi connectivity index (χ3n) is 3.86. The van der Waals surface area contributed by atoms with Gasteiger partial charge in [-0.05, 0) is 17.2 Å². The molecule has 26 heavy (non-hydrogen) atoms. The van der Waals surface area contributed by atoms with Gasteiger partial charge in [0.1, 0.15) is 17.6 Å². The molecule has 0 saturated carbocycles. The molecule has 0 unspecified atom stereocenters. The molecule has 5 heteroatoms. The Hall–Kier alpha value is -3.39. The van der Waals surface area contributed by atoms with Gasteiger partial charge in [-0.1, -0.05) is 56.3 Å². The van der Waals surface area contributed by atoms with Crippen LogP contribution in [0.5, 0.6) is 0 Å². The van der Waals surface area contributed by atoms with E-state index in [-0.39, 0.29) is 17.1 Å². The zero-order valence-electron chi connectivity index (χ0n) is 14.8. The van der Waals surface area contributed by atoms with Gasteiger partial charge in [-0.25, -0.2) is 9.18 Å². The van der Waals surface area contributed by atoms with Crippen molar-refractivity contribution in [2.45, 2.75) is 13.8 Å². The van der Waals surface area contributed by atoms with Crippen LogP contribution in [0.25, 0.3) is 22.3 Å². The van der Waals surface area contributed by atoms with Gasteiger partial charge in [-0.2, -0.15) is 5.26 Å². The minimum atomic E-state index is -1.10. The normalized spacial score (nSPS) is 9.81. The second-order valence-corrected chi connectivity index (χ2v) is 5.35. The number of rotatable bonds is 3. The predicted octanol–water partition coefficient (Wildman–Crippen LogP) is 5.09. The molecule has 0 atom stereocenters. The number of hydrogen-bond acceptors (Lipinski definition) is 2. The standard InChI is InChI=1S/C19H13FN2O2.C2H6/c1-22-11-14(10-21)17(18(22)19(23)24)13-8-6-12(7-9-13)15-4-2-3-5-16(15)20;1-2/h2-9,11H,1H3,(H,23,24);1-2H3. The highest BCUT2D eigenvalue weighted by Gasteiger charge is 2.21. The van der Waals surface area contributed by atoms with Crippen molar-refractivity contribution in [3.63, 3.8) is 0 Å². The summed E-state index contributed by atoms with van der Waals surface area (Å²) in [5.41, 5.74) is 2.45. The lowest BCUT2D eigenvalue weighted by Gasteiger charge is -2.07. The number of carboxylic acid groups (broad SMARTS) is 1. The van der Waals surface area contributed by atoms with Gasteiger partial charge in [0, 0.05) is 24.4 Å². The molecule has 1 heterocycles. The number of carbonyl (C=O) groups is 1. The molecule has 0 fully saturated rings. The van der Waals surface area contributed by atoms with Crippen LogP contribution >= 0.6 is 0 Å². The summed E-state index contributed by atoms with van der Waals surface area (Å²) in [6.07, 6.45) is 1.49. The molecule has 2 aromatic carbocycles. The van der Waals surface area contributed by atoms with Crippen molar-refractivity contribution >= 4 is 5.97 Å². The molecule has 3 rings (SSSR count). The van der Waals surface area contributed by atoms with Crippen LogP contribution in [0.1, 0.15) is 29.9 Å². The number of carboxylic acids is 1. The zero-order valence-corrected chi connectivity index (χ0v) is 14.8. The van der Waals surface area contributed by atoms with E-state index in [9.17, 15) is 19.6 Å². The highest BCUT2D eigenvalue weighted by Crippen LogP contribution is 2.31. The first-order chi connectivity index (χ1) is 12.5. The number of halogens is 1. The molecule has 0 aliphatic heterocycles. The minimum Gasteiger partial charge on any atom is -0.477 e. The van der Waals surface area contributed by atoms with E-state index in [0.29, 0.717) is 22.3 Å². The van der Waals surface area contributed by atoms with Crippen LogP contribution in [0.4, 0.5) is 4.39 Å². The third-order valence-corrected chi connectivity index (χ3v) is 3.86. The first kappa shape index (κ1) is 18.9. The van der Waals surface area contributed by atoms with Gasteiger partial charge < -0.3 is 9.67 Å². The lowest BCUT2D eigenvalue weighted by molar-refractivity contribution is 0.0687. The van der Waals surface area contributed by atoms with E-state index in [4.69, 9.17) is 0 Å². The first-order valence-electron chi connectivity index (χ1n) is 8.21. The van der Waals surface area contributed by atoms with Gasteiger partial charge in [0.15, 0.2) is 0 Å². The highest BCUT2D eigenvalue weighted by molar-refractivity contribution is 5.96. The van der Waals surface area contributed by atoms with Crippen molar-refractivity contribution in [3.05, 3.63) is 71.8 Å². The Morgan fingerprint density at radius 1 is 1.08 bits per heavy atom. The molecule has 0 radical (unpaired) electrons. The smallest absolute Gasteiger partial charge is 0.353 e. The Balaban J connectivity index is 0.00000117. The Morgan fingerprint density at radius 2 is 1.65 bits per heavy atom. The van der Waals surface area contributed by atoms with Gasteiger partial charge in [-0.15, -0.1) is 0 Å². The van der Waals surface area contributed by atoms with Crippen LogP contribution in [-0.2, 0) is 7.05 Å². The number of nitriles is 1. The summed E-state index contributed by atoms with van der Waals surface area (Å²) in [4.78, 5) is 11.5. The average Bonchev–Trinajstić information content (AvgIpc) is 3.00. The molecule has 0 aliphatic rings. The van der Waals surface area contributed by atoms with Crippen molar-refractivity contribution in [1.82, 2.24) is 4.57 Å². The summed E-state index contributed by atoms with van der Waals surface area (Å²) in [6, 6.07) is 15.3. The maximum Gasteiger partial charge on any atom is 0.353 e. The topological polar surface area (TPSA) is 66.0 Å². The van der Waals surface area contributed by atoms with E-state index in [0.717, 1.165) is 0 Å². The van der Waals surface area contributed by atoms with Gasteiger partial charge >= 0.3 is 5.97 Å². The van der Waals surface area contributed by atoms with Crippen molar-refractivity contribution in [2.24, 2.45) is 7.05 Å². The quantitative estimate of drug-likeness (QED) is 0.715. The Morgan fingerprint density at radius 3 is 2.19 bits per heavy atom.